The molecule has 21 heavy (non-hydrogen) atoms. The Balaban J connectivity index is 1.85. The monoisotopic (exact) mass is 293 g/mol. The summed E-state index contributed by atoms with van der Waals surface area (Å²) in [6.07, 6.45) is 1.93. The first-order chi connectivity index (χ1) is 9.97. The second kappa shape index (κ2) is 6.67. The van der Waals surface area contributed by atoms with Gasteiger partial charge in [-0.05, 0) is 32.9 Å². The minimum Gasteiger partial charge on any atom is -0.335 e. The standard InChI is InChI=1S/C15H20FN3O2/c1-10(14(20)18-15(21)17-12-7-8-12)19(2)9-11-5-3-4-6-13(11)16/h3-6,10,12H,7-9H2,1-2H3,(H2,17,18,20,21). The third-order valence-electron chi connectivity index (χ3n) is 3.57. The lowest BCUT2D eigenvalue weighted by molar-refractivity contribution is -0.124. The lowest BCUT2D eigenvalue weighted by atomic mass is 10.1. The summed E-state index contributed by atoms with van der Waals surface area (Å²) in [6, 6.07) is 5.64. The fourth-order valence-corrected chi connectivity index (χ4v) is 1.90. The Labute approximate surface area is 123 Å². The summed E-state index contributed by atoms with van der Waals surface area (Å²) in [5.41, 5.74) is 0.516. The van der Waals surface area contributed by atoms with Crippen molar-refractivity contribution in [2.75, 3.05) is 7.05 Å². The molecule has 1 aromatic carbocycles. The molecule has 1 unspecified atom stereocenters. The summed E-state index contributed by atoms with van der Waals surface area (Å²) in [5.74, 6) is -0.699. The number of benzene rings is 1. The summed E-state index contributed by atoms with van der Waals surface area (Å²) in [7, 11) is 1.72. The van der Waals surface area contributed by atoms with Crippen molar-refractivity contribution in [2.24, 2.45) is 0 Å². The van der Waals surface area contributed by atoms with E-state index in [0.717, 1.165) is 12.8 Å². The van der Waals surface area contributed by atoms with E-state index in [2.05, 4.69) is 10.6 Å². The summed E-state index contributed by atoms with van der Waals surface area (Å²) in [6.45, 7) is 1.98. The van der Waals surface area contributed by atoms with E-state index in [-0.39, 0.29) is 11.9 Å². The minimum atomic E-state index is -0.533. The third-order valence-corrected chi connectivity index (χ3v) is 3.57. The Kier molecular flexibility index (Phi) is 4.90. The molecule has 1 aliphatic rings. The average Bonchev–Trinajstić information content (AvgIpc) is 3.24. The van der Waals surface area contributed by atoms with Gasteiger partial charge < -0.3 is 5.32 Å². The molecule has 0 spiro atoms. The molecule has 1 fully saturated rings. The van der Waals surface area contributed by atoms with Gasteiger partial charge in [-0.2, -0.15) is 0 Å². The zero-order chi connectivity index (χ0) is 15.4. The smallest absolute Gasteiger partial charge is 0.321 e. The van der Waals surface area contributed by atoms with Crippen LogP contribution in [0.3, 0.4) is 0 Å². The predicted molar refractivity (Wildman–Crippen MR) is 77.0 cm³/mol. The number of likely N-dealkylation sites (N-methyl/N-ethyl adjacent to an activating group) is 1. The highest BCUT2D eigenvalue weighted by atomic mass is 19.1. The van der Waals surface area contributed by atoms with Crippen LogP contribution in [0.1, 0.15) is 25.3 Å². The number of amides is 3. The zero-order valence-corrected chi connectivity index (χ0v) is 12.2. The lowest BCUT2D eigenvalue weighted by Crippen LogP contribution is -2.48. The van der Waals surface area contributed by atoms with Crippen molar-refractivity contribution >= 4 is 11.9 Å². The molecule has 2 N–H and O–H groups in total. The van der Waals surface area contributed by atoms with E-state index in [0.29, 0.717) is 12.1 Å². The summed E-state index contributed by atoms with van der Waals surface area (Å²) in [5, 5.41) is 5.00. The number of nitrogens with zero attached hydrogens (tertiary/aromatic N) is 1. The van der Waals surface area contributed by atoms with E-state index >= 15 is 0 Å². The van der Waals surface area contributed by atoms with Crippen LogP contribution < -0.4 is 10.6 Å². The number of hydrogen-bond acceptors (Lipinski definition) is 3. The quantitative estimate of drug-likeness (QED) is 0.867. The van der Waals surface area contributed by atoms with Crippen LogP contribution in [0.2, 0.25) is 0 Å². The van der Waals surface area contributed by atoms with Gasteiger partial charge in [0.1, 0.15) is 5.82 Å². The molecule has 1 saturated carbocycles. The fraction of sp³-hybridized carbons (Fsp3) is 0.467. The molecule has 6 heteroatoms. The van der Waals surface area contributed by atoms with E-state index in [1.807, 2.05) is 0 Å². The maximum Gasteiger partial charge on any atom is 0.321 e. The summed E-state index contributed by atoms with van der Waals surface area (Å²) < 4.78 is 13.6. The van der Waals surface area contributed by atoms with Crippen LogP contribution >= 0.6 is 0 Å². The van der Waals surface area contributed by atoms with Crippen molar-refractivity contribution in [1.29, 1.82) is 0 Å². The molecule has 0 radical (unpaired) electrons. The zero-order valence-electron chi connectivity index (χ0n) is 12.2. The van der Waals surface area contributed by atoms with Crippen LogP contribution in [-0.2, 0) is 11.3 Å². The van der Waals surface area contributed by atoms with Crippen molar-refractivity contribution in [3.63, 3.8) is 0 Å². The normalized spacial score (nSPS) is 15.6. The van der Waals surface area contributed by atoms with Crippen LogP contribution in [0, 0.1) is 5.82 Å². The van der Waals surface area contributed by atoms with Gasteiger partial charge in [-0.15, -0.1) is 0 Å². The number of nitrogens with one attached hydrogen (secondary N) is 2. The number of imide groups is 1. The highest BCUT2D eigenvalue weighted by Crippen LogP contribution is 2.18. The molecule has 5 nitrogen and oxygen atoms in total. The summed E-state index contributed by atoms with van der Waals surface area (Å²) in [4.78, 5) is 25.2. The second-order valence-corrected chi connectivity index (χ2v) is 5.42. The van der Waals surface area contributed by atoms with E-state index in [1.54, 1.807) is 37.1 Å². The van der Waals surface area contributed by atoms with Gasteiger partial charge in [0.05, 0.1) is 6.04 Å². The maximum absolute atomic E-state index is 13.6. The first-order valence-electron chi connectivity index (χ1n) is 7.02. The molecule has 114 valence electrons. The van der Waals surface area contributed by atoms with Gasteiger partial charge in [-0.1, -0.05) is 18.2 Å². The lowest BCUT2D eigenvalue weighted by Gasteiger charge is -2.23. The topological polar surface area (TPSA) is 61.4 Å². The van der Waals surface area contributed by atoms with Gasteiger partial charge in [0.2, 0.25) is 5.91 Å². The highest BCUT2D eigenvalue weighted by Gasteiger charge is 2.26. The Bertz CT molecular complexity index is 531. The Morgan fingerprint density at radius 3 is 2.67 bits per heavy atom. The molecule has 2 rings (SSSR count). The number of halogens is 1. The van der Waals surface area contributed by atoms with Crippen molar-refractivity contribution in [2.45, 2.75) is 38.4 Å². The van der Waals surface area contributed by atoms with Gasteiger partial charge in [0.25, 0.3) is 0 Å². The largest absolute Gasteiger partial charge is 0.335 e. The fourth-order valence-electron chi connectivity index (χ4n) is 1.90. The maximum atomic E-state index is 13.6. The van der Waals surface area contributed by atoms with Crippen molar-refractivity contribution < 1.29 is 14.0 Å². The molecule has 1 aliphatic carbocycles. The van der Waals surface area contributed by atoms with E-state index in [1.165, 1.54) is 6.07 Å². The van der Waals surface area contributed by atoms with Crippen LogP contribution in [0.5, 0.6) is 0 Å². The first kappa shape index (κ1) is 15.4. The number of urea groups is 1. The van der Waals surface area contributed by atoms with E-state index < -0.39 is 18.0 Å². The van der Waals surface area contributed by atoms with Crippen LogP contribution in [0.25, 0.3) is 0 Å². The Hall–Kier alpha value is -1.95. The highest BCUT2D eigenvalue weighted by molar-refractivity contribution is 5.96. The van der Waals surface area contributed by atoms with Crippen molar-refractivity contribution in [3.8, 4) is 0 Å². The minimum absolute atomic E-state index is 0.198. The average molecular weight is 293 g/mol. The number of rotatable bonds is 5. The van der Waals surface area contributed by atoms with E-state index in [9.17, 15) is 14.0 Å². The molecule has 1 aromatic rings. The molecular formula is C15H20FN3O2. The molecule has 3 amide bonds. The van der Waals surface area contributed by atoms with Crippen LogP contribution in [0.15, 0.2) is 24.3 Å². The van der Waals surface area contributed by atoms with Crippen LogP contribution in [-0.4, -0.2) is 36.0 Å². The van der Waals surface area contributed by atoms with Crippen molar-refractivity contribution in [3.05, 3.63) is 35.6 Å². The predicted octanol–water partition coefficient (Wildman–Crippen LogP) is 1.63. The van der Waals surface area contributed by atoms with Crippen LogP contribution in [0.4, 0.5) is 9.18 Å². The molecule has 0 aromatic heterocycles. The second-order valence-electron chi connectivity index (χ2n) is 5.42. The molecule has 0 heterocycles. The SMILES string of the molecule is CC(C(=O)NC(=O)NC1CC1)N(C)Cc1ccccc1F. The Morgan fingerprint density at radius 2 is 2.05 bits per heavy atom. The molecule has 0 saturated heterocycles. The summed E-state index contributed by atoms with van der Waals surface area (Å²) >= 11 is 0. The molecule has 1 atom stereocenters. The number of carbonyl (C=O) groups excluding carboxylic acids is 2. The van der Waals surface area contributed by atoms with Gasteiger partial charge in [-0.3, -0.25) is 15.0 Å². The molecular weight excluding hydrogens is 273 g/mol. The first-order valence-corrected chi connectivity index (χ1v) is 7.02. The van der Waals surface area contributed by atoms with E-state index in [4.69, 9.17) is 0 Å². The number of carbonyl (C=O) groups is 2. The molecule has 0 aliphatic heterocycles. The third kappa shape index (κ3) is 4.53. The van der Waals surface area contributed by atoms with Gasteiger partial charge in [0.15, 0.2) is 0 Å². The molecule has 0 bridgehead atoms. The Morgan fingerprint density at radius 1 is 1.38 bits per heavy atom. The van der Waals surface area contributed by atoms with Gasteiger partial charge in [-0.25, -0.2) is 9.18 Å². The van der Waals surface area contributed by atoms with Gasteiger partial charge in [0, 0.05) is 18.2 Å². The van der Waals surface area contributed by atoms with Crippen molar-refractivity contribution in [1.82, 2.24) is 15.5 Å². The van der Waals surface area contributed by atoms with Gasteiger partial charge >= 0.3 is 6.03 Å². The number of hydrogen-bond donors (Lipinski definition) is 2.